The van der Waals surface area contributed by atoms with Gasteiger partial charge < -0.3 is 4.57 Å². The topological polar surface area (TPSA) is 8.17 Å². The molecule has 1 unspecified atom stereocenters. The molecule has 1 aliphatic rings. The second-order valence-corrected chi connectivity index (χ2v) is 7.10. The molecule has 0 saturated carbocycles. The predicted molar refractivity (Wildman–Crippen MR) is 91.1 cm³/mol. The number of aromatic nitrogens is 1. The van der Waals surface area contributed by atoms with Crippen LogP contribution in [0.1, 0.15) is 29.8 Å². The molecule has 3 heteroatoms. The van der Waals surface area contributed by atoms with Gasteiger partial charge in [0, 0.05) is 48.2 Å². The van der Waals surface area contributed by atoms with E-state index in [1.165, 1.54) is 21.7 Å². The summed E-state index contributed by atoms with van der Waals surface area (Å²) in [5.74, 6) is 1.16. The van der Waals surface area contributed by atoms with Crippen molar-refractivity contribution in [3.05, 3.63) is 53.3 Å². The third kappa shape index (κ3) is 3.19. The van der Waals surface area contributed by atoms with Gasteiger partial charge in [0.25, 0.3) is 0 Å². The van der Waals surface area contributed by atoms with E-state index in [1.807, 2.05) is 11.8 Å². The summed E-state index contributed by atoms with van der Waals surface area (Å²) in [7, 11) is 0. The van der Waals surface area contributed by atoms with E-state index < -0.39 is 0 Å². The summed E-state index contributed by atoms with van der Waals surface area (Å²) in [4.78, 5) is 4.00. The molecule has 0 amide bonds. The maximum absolute atomic E-state index is 2.60. The largest absolute Gasteiger partial charge is 0.349 e. The van der Waals surface area contributed by atoms with Crippen molar-refractivity contribution in [2.24, 2.45) is 0 Å². The van der Waals surface area contributed by atoms with Gasteiger partial charge in [-0.1, -0.05) is 6.07 Å². The highest BCUT2D eigenvalue weighted by Crippen LogP contribution is 2.27. The van der Waals surface area contributed by atoms with E-state index in [9.17, 15) is 0 Å². The van der Waals surface area contributed by atoms with Crippen molar-refractivity contribution in [1.29, 1.82) is 0 Å². The minimum atomic E-state index is 0.536. The molecular weight excluding hydrogens is 276 g/mol. The molecule has 0 fully saturated rings. The minimum Gasteiger partial charge on any atom is -0.349 e. The van der Waals surface area contributed by atoms with Crippen molar-refractivity contribution < 1.29 is 0 Å². The summed E-state index contributed by atoms with van der Waals surface area (Å²) >= 11 is 1.97. The first-order valence-electron chi connectivity index (χ1n) is 7.74. The van der Waals surface area contributed by atoms with E-state index in [4.69, 9.17) is 0 Å². The maximum Gasteiger partial charge on any atom is 0.0473 e. The zero-order valence-electron chi connectivity index (χ0n) is 13.2. The highest BCUT2D eigenvalue weighted by molar-refractivity contribution is 7.99. The Kier molecular flexibility index (Phi) is 4.41. The van der Waals surface area contributed by atoms with E-state index in [2.05, 4.69) is 66.8 Å². The molecule has 1 aromatic carbocycles. The molecule has 21 heavy (non-hydrogen) atoms. The van der Waals surface area contributed by atoms with Gasteiger partial charge in [-0.25, -0.2) is 0 Å². The minimum absolute atomic E-state index is 0.536. The van der Waals surface area contributed by atoms with E-state index in [1.54, 1.807) is 0 Å². The van der Waals surface area contributed by atoms with Crippen LogP contribution in [0.15, 0.2) is 41.4 Å². The lowest BCUT2D eigenvalue weighted by Gasteiger charge is -2.34. The number of rotatable bonds is 4. The standard InChI is InChI=1S/C18H24N2S/c1-14-6-7-17(13-15(14)2)21-12-11-19-9-10-20-8-4-5-18(20)16(19)3/h4-8,13,16H,9-12H2,1-3H3. The Bertz CT molecular complexity index is 617. The first-order valence-corrected chi connectivity index (χ1v) is 8.73. The summed E-state index contributed by atoms with van der Waals surface area (Å²) < 4.78 is 2.39. The van der Waals surface area contributed by atoms with Crippen LogP contribution in [0.5, 0.6) is 0 Å². The Balaban J connectivity index is 1.55. The highest BCUT2D eigenvalue weighted by Gasteiger charge is 2.22. The molecule has 3 rings (SSSR count). The normalized spacial score (nSPS) is 18.7. The second-order valence-electron chi connectivity index (χ2n) is 5.93. The monoisotopic (exact) mass is 300 g/mol. The number of hydrogen-bond donors (Lipinski definition) is 0. The van der Waals surface area contributed by atoms with Crippen molar-refractivity contribution in [1.82, 2.24) is 9.47 Å². The van der Waals surface area contributed by atoms with Gasteiger partial charge in [-0.3, -0.25) is 4.90 Å². The fourth-order valence-corrected chi connectivity index (χ4v) is 4.00. The van der Waals surface area contributed by atoms with E-state index in [0.29, 0.717) is 6.04 Å². The molecule has 0 aliphatic carbocycles. The van der Waals surface area contributed by atoms with Crippen molar-refractivity contribution in [3.63, 3.8) is 0 Å². The van der Waals surface area contributed by atoms with Crippen LogP contribution < -0.4 is 0 Å². The lowest BCUT2D eigenvalue weighted by atomic mass is 10.1. The Labute approximate surface area is 132 Å². The molecule has 2 nitrogen and oxygen atoms in total. The van der Waals surface area contributed by atoms with Crippen LogP contribution in [0.2, 0.25) is 0 Å². The van der Waals surface area contributed by atoms with Gasteiger partial charge in [0.05, 0.1) is 0 Å². The Morgan fingerprint density at radius 2 is 2.00 bits per heavy atom. The van der Waals surface area contributed by atoms with Crippen LogP contribution in [0.25, 0.3) is 0 Å². The number of nitrogens with zero attached hydrogens (tertiary/aromatic N) is 2. The molecule has 1 aliphatic heterocycles. The molecule has 112 valence electrons. The average molecular weight is 300 g/mol. The van der Waals surface area contributed by atoms with Crippen molar-refractivity contribution in [2.75, 3.05) is 18.8 Å². The summed E-state index contributed by atoms with van der Waals surface area (Å²) in [6.45, 7) is 10.1. The molecule has 0 bridgehead atoms. The highest BCUT2D eigenvalue weighted by atomic mass is 32.2. The van der Waals surface area contributed by atoms with Crippen molar-refractivity contribution >= 4 is 11.8 Å². The van der Waals surface area contributed by atoms with E-state index in [0.717, 1.165) is 25.4 Å². The van der Waals surface area contributed by atoms with Gasteiger partial charge in [-0.15, -0.1) is 11.8 Å². The van der Waals surface area contributed by atoms with Crippen LogP contribution in [-0.4, -0.2) is 28.3 Å². The quantitative estimate of drug-likeness (QED) is 0.779. The second kappa shape index (κ2) is 6.29. The predicted octanol–water partition coefficient (Wildman–Crippen LogP) is 4.27. The van der Waals surface area contributed by atoms with Crippen LogP contribution in [0.4, 0.5) is 0 Å². The summed E-state index contributed by atoms with van der Waals surface area (Å²) in [5, 5.41) is 0. The first-order chi connectivity index (χ1) is 10.1. The average Bonchev–Trinajstić information content (AvgIpc) is 2.94. The lowest BCUT2D eigenvalue weighted by molar-refractivity contribution is 0.180. The SMILES string of the molecule is Cc1ccc(SCCN2CCn3cccc3C2C)cc1C. The lowest BCUT2D eigenvalue weighted by Crippen LogP contribution is -2.37. The molecule has 0 radical (unpaired) electrons. The van der Waals surface area contributed by atoms with Crippen LogP contribution in [0, 0.1) is 13.8 Å². The van der Waals surface area contributed by atoms with Crippen molar-refractivity contribution in [2.45, 2.75) is 38.3 Å². The number of benzene rings is 1. The number of thioether (sulfide) groups is 1. The Morgan fingerprint density at radius 1 is 1.14 bits per heavy atom. The Hall–Kier alpha value is -1.19. The Morgan fingerprint density at radius 3 is 2.81 bits per heavy atom. The van der Waals surface area contributed by atoms with Crippen LogP contribution in [-0.2, 0) is 6.54 Å². The van der Waals surface area contributed by atoms with Gasteiger partial charge in [0.15, 0.2) is 0 Å². The van der Waals surface area contributed by atoms with Crippen LogP contribution in [0.3, 0.4) is 0 Å². The summed E-state index contributed by atoms with van der Waals surface area (Å²) in [6.07, 6.45) is 2.20. The smallest absolute Gasteiger partial charge is 0.0473 e. The van der Waals surface area contributed by atoms with Crippen LogP contribution >= 0.6 is 11.8 Å². The number of hydrogen-bond acceptors (Lipinski definition) is 2. The number of fused-ring (bicyclic) bond motifs is 1. The molecular formula is C18H24N2S. The van der Waals surface area contributed by atoms with Crippen molar-refractivity contribution in [3.8, 4) is 0 Å². The zero-order valence-corrected chi connectivity index (χ0v) is 14.0. The first kappa shape index (κ1) is 14.7. The fraction of sp³-hybridized carbons (Fsp3) is 0.444. The summed E-state index contributed by atoms with van der Waals surface area (Å²) in [5.41, 5.74) is 4.23. The van der Waals surface area contributed by atoms with Gasteiger partial charge >= 0.3 is 0 Å². The molecule has 0 N–H and O–H groups in total. The van der Waals surface area contributed by atoms with Gasteiger partial charge in [-0.05, 0) is 56.2 Å². The van der Waals surface area contributed by atoms with Gasteiger partial charge in [-0.2, -0.15) is 0 Å². The zero-order chi connectivity index (χ0) is 14.8. The summed E-state index contributed by atoms with van der Waals surface area (Å²) in [6, 6.07) is 11.7. The van der Waals surface area contributed by atoms with E-state index in [-0.39, 0.29) is 0 Å². The number of aryl methyl sites for hydroxylation is 2. The third-order valence-corrected chi connectivity index (χ3v) is 5.57. The van der Waals surface area contributed by atoms with E-state index >= 15 is 0 Å². The molecule has 1 atom stereocenters. The molecule has 2 heterocycles. The molecule has 0 spiro atoms. The van der Waals surface area contributed by atoms with Gasteiger partial charge in [0.2, 0.25) is 0 Å². The van der Waals surface area contributed by atoms with Gasteiger partial charge in [0.1, 0.15) is 0 Å². The molecule has 2 aromatic rings. The molecule has 1 aromatic heterocycles. The fourth-order valence-electron chi connectivity index (χ4n) is 3.02. The molecule has 0 saturated heterocycles. The maximum atomic E-state index is 2.60. The third-order valence-electron chi connectivity index (χ3n) is 4.59.